The predicted molar refractivity (Wildman–Crippen MR) is 124 cm³/mol. The average Bonchev–Trinajstić information content (AvgIpc) is 2.78. The maximum atomic E-state index is 13.4. The molecule has 0 aliphatic carbocycles. The number of sulfonamides is 1. The summed E-state index contributed by atoms with van der Waals surface area (Å²) in [5.74, 6) is -0.116. The number of para-hydroxylation sites is 1. The van der Waals surface area contributed by atoms with Crippen LogP contribution in [0.2, 0.25) is 0 Å². The minimum absolute atomic E-state index is 0.116. The standard InChI is InChI=1S/C25H26N2O3S/c1-18-10-14-22(15-11-18)31(29,30)26(3)24-17-21(13-12-19(24)2)25(28)27-16-6-8-20-7-4-5-9-23(20)27/h4-5,7,9-15,17H,6,8,16H2,1-3H3. The largest absolute Gasteiger partial charge is 0.308 e. The third-order valence-corrected chi connectivity index (χ3v) is 7.62. The Morgan fingerprint density at radius 3 is 2.42 bits per heavy atom. The van der Waals surface area contributed by atoms with Crippen LogP contribution in [0, 0.1) is 13.8 Å². The molecule has 0 aromatic heterocycles. The summed E-state index contributed by atoms with van der Waals surface area (Å²) in [5, 5.41) is 0. The highest BCUT2D eigenvalue weighted by molar-refractivity contribution is 7.92. The van der Waals surface area contributed by atoms with Gasteiger partial charge < -0.3 is 4.90 Å². The van der Waals surface area contributed by atoms with Gasteiger partial charge in [0.05, 0.1) is 10.6 Å². The zero-order valence-electron chi connectivity index (χ0n) is 18.0. The molecule has 3 aromatic rings. The summed E-state index contributed by atoms with van der Waals surface area (Å²) < 4.78 is 27.6. The number of carbonyl (C=O) groups is 1. The fraction of sp³-hybridized carbons (Fsp3) is 0.240. The Bertz CT molecular complexity index is 1230. The van der Waals surface area contributed by atoms with Crippen LogP contribution >= 0.6 is 0 Å². The van der Waals surface area contributed by atoms with E-state index in [0.29, 0.717) is 17.8 Å². The van der Waals surface area contributed by atoms with Gasteiger partial charge in [-0.05, 0) is 68.1 Å². The fourth-order valence-corrected chi connectivity index (χ4v) is 5.23. The molecule has 1 aliphatic heterocycles. The average molecular weight is 435 g/mol. The lowest BCUT2D eigenvalue weighted by Gasteiger charge is -2.30. The first-order valence-corrected chi connectivity index (χ1v) is 11.8. The van der Waals surface area contributed by atoms with E-state index in [9.17, 15) is 13.2 Å². The van der Waals surface area contributed by atoms with Crippen LogP contribution in [0.25, 0.3) is 0 Å². The Labute approximate surface area is 184 Å². The van der Waals surface area contributed by atoms with E-state index in [0.717, 1.165) is 35.2 Å². The minimum atomic E-state index is -3.74. The monoisotopic (exact) mass is 434 g/mol. The maximum Gasteiger partial charge on any atom is 0.264 e. The van der Waals surface area contributed by atoms with Crippen molar-refractivity contribution in [1.82, 2.24) is 0 Å². The molecule has 0 saturated carbocycles. The topological polar surface area (TPSA) is 57.7 Å². The second kappa shape index (κ2) is 8.19. The van der Waals surface area contributed by atoms with E-state index in [1.54, 1.807) is 47.4 Å². The molecule has 6 heteroatoms. The molecular weight excluding hydrogens is 408 g/mol. The number of amides is 1. The quantitative estimate of drug-likeness (QED) is 0.597. The molecule has 5 nitrogen and oxygen atoms in total. The van der Waals surface area contributed by atoms with Gasteiger partial charge >= 0.3 is 0 Å². The second-order valence-electron chi connectivity index (χ2n) is 7.98. The smallest absolute Gasteiger partial charge is 0.264 e. The molecule has 0 N–H and O–H groups in total. The number of nitrogens with zero attached hydrogens (tertiary/aromatic N) is 2. The Hall–Kier alpha value is -3.12. The maximum absolute atomic E-state index is 13.4. The van der Waals surface area contributed by atoms with E-state index in [2.05, 4.69) is 6.07 Å². The molecule has 0 bridgehead atoms. The van der Waals surface area contributed by atoms with Gasteiger partial charge in [-0.15, -0.1) is 0 Å². The number of benzene rings is 3. The van der Waals surface area contributed by atoms with Crippen molar-refractivity contribution in [3.63, 3.8) is 0 Å². The molecule has 1 aliphatic rings. The van der Waals surface area contributed by atoms with Gasteiger partial charge in [-0.1, -0.05) is 42.0 Å². The summed E-state index contributed by atoms with van der Waals surface area (Å²) >= 11 is 0. The second-order valence-corrected chi connectivity index (χ2v) is 9.95. The van der Waals surface area contributed by atoms with Crippen LogP contribution in [0.15, 0.2) is 71.6 Å². The Morgan fingerprint density at radius 1 is 0.968 bits per heavy atom. The Balaban J connectivity index is 1.69. The molecule has 31 heavy (non-hydrogen) atoms. The van der Waals surface area contributed by atoms with Crippen LogP contribution in [0.1, 0.15) is 33.5 Å². The molecule has 0 saturated heterocycles. The van der Waals surface area contributed by atoms with Crippen molar-refractivity contribution < 1.29 is 13.2 Å². The van der Waals surface area contributed by atoms with Gasteiger partial charge in [0, 0.05) is 24.8 Å². The first-order chi connectivity index (χ1) is 14.8. The van der Waals surface area contributed by atoms with Crippen LogP contribution in [-0.4, -0.2) is 27.9 Å². The van der Waals surface area contributed by atoms with E-state index < -0.39 is 10.0 Å². The van der Waals surface area contributed by atoms with Crippen molar-refractivity contribution in [3.05, 3.63) is 89.0 Å². The third-order valence-electron chi connectivity index (χ3n) is 5.83. The Kier molecular flexibility index (Phi) is 5.58. The van der Waals surface area contributed by atoms with Gasteiger partial charge in [0.1, 0.15) is 0 Å². The Morgan fingerprint density at radius 2 is 1.68 bits per heavy atom. The lowest BCUT2D eigenvalue weighted by Crippen LogP contribution is -2.35. The van der Waals surface area contributed by atoms with Crippen molar-refractivity contribution in [1.29, 1.82) is 0 Å². The van der Waals surface area contributed by atoms with Crippen molar-refractivity contribution in [2.75, 3.05) is 22.8 Å². The van der Waals surface area contributed by atoms with E-state index >= 15 is 0 Å². The number of carbonyl (C=O) groups excluding carboxylic acids is 1. The van der Waals surface area contributed by atoms with Gasteiger partial charge in [0.2, 0.25) is 0 Å². The number of aryl methyl sites for hydroxylation is 3. The minimum Gasteiger partial charge on any atom is -0.308 e. The number of fused-ring (bicyclic) bond motifs is 1. The number of hydrogen-bond acceptors (Lipinski definition) is 3. The first kappa shape index (κ1) is 21.1. The summed E-state index contributed by atoms with van der Waals surface area (Å²) in [6.07, 6.45) is 1.86. The first-order valence-electron chi connectivity index (χ1n) is 10.3. The van der Waals surface area contributed by atoms with Gasteiger partial charge in [-0.2, -0.15) is 0 Å². The lowest BCUT2D eigenvalue weighted by molar-refractivity contribution is 0.0985. The molecule has 3 aromatic carbocycles. The van der Waals surface area contributed by atoms with Crippen molar-refractivity contribution >= 4 is 27.3 Å². The molecule has 0 atom stereocenters. The SMILES string of the molecule is Cc1ccc(S(=O)(=O)N(C)c2cc(C(=O)N3CCCc4ccccc43)ccc2C)cc1. The normalized spacial score (nSPS) is 13.6. The predicted octanol–water partition coefficient (Wildman–Crippen LogP) is 4.72. The molecule has 4 rings (SSSR count). The van der Waals surface area contributed by atoms with Gasteiger partial charge in [0.25, 0.3) is 15.9 Å². The van der Waals surface area contributed by atoms with Crippen molar-refractivity contribution in [3.8, 4) is 0 Å². The van der Waals surface area contributed by atoms with E-state index in [1.165, 1.54) is 11.4 Å². The van der Waals surface area contributed by atoms with Gasteiger partial charge in [-0.3, -0.25) is 9.10 Å². The zero-order chi connectivity index (χ0) is 22.2. The molecule has 1 heterocycles. The molecule has 160 valence electrons. The van der Waals surface area contributed by atoms with Crippen LogP contribution in [0.4, 0.5) is 11.4 Å². The summed E-state index contributed by atoms with van der Waals surface area (Å²) in [5.41, 5.74) is 4.84. The third kappa shape index (κ3) is 3.95. The molecule has 0 radical (unpaired) electrons. The van der Waals surface area contributed by atoms with E-state index in [-0.39, 0.29) is 10.8 Å². The molecule has 0 unspecified atom stereocenters. The highest BCUT2D eigenvalue weighted by Gasteiger charge is 2.26. The van der Waals surface area contributed by atoms with Crippen molar-refractivity contribution in [2.45, 2.75) is 31.6 Å². The molecule has 0 fully saturated rings. The molecule has 1 amide bonds. The van der Waals surface area contributed by atoms with Crippen LogP contribution in [0.3, 0.4) is 0 Å². The number of hydrogen-bond donors (Lipinski definition) is 0. The van der Waals surface area contributed by atoms with Gasteiger partial charge in [-0.25, -0.2) is 8.42 Å². The van der Waals surface area contributed by atoms with E-state index in [1.807, 2.05) is 32.0 Å². The number of rotatable bonds is 4. The zero-order valence-corrected chi connectivity index (χ0v) is 18.8. The van der Waals surface area contributed by atoms with Crippen LogP contribution < -0.4 is 9.21 Å². The number of anilines is 2. The summed E-state index contributed by atoms with van der Waals surface area (Å²) in [7, 11) is -2.21. The van der Waals surface area contributed by atoms with E-state index in [4.69, 9.17) is 0 Å². The highest BCUT2D eigenvalue weighted by Crippen LogP contribution is 2.31. The highest BCUT2D eigenvalue weighted by atomic mass is 32.2. The molecule has 0 spiro atoms. The lowest BCUT2D eigenvalue weighted by atomic mass is 10.0. The summed E-state index contributed by atoms with van der Waals surface area (Å²) in [4.78, 5) is 15.4. The molecular formula is C25H26N2O3S. The van der Waals surface area contributed by atoms with Crippen LogP contribution in [-0.2, 0) is 16.4 Å². The van der Waals surface area contributed by atoms with Crippen LogP contribution in [0.5, 0.6) is 0 Å². The van der Waals surface area contributed by atoms with Crippen molar-refractivity contribution in [2.24, 2.45) is 0 Å². The fourth-order valence-electron chi connectivity index (χ4n) is 3.98. The summed E-state index contributed by atoms with van der Waals surface area (Å²) in [6, 6.07) is 20.0. The summed E-state index contributed by atoms with van der Waals surface area (Å²) in [6.45, 7) is 4.41. The van der Waals surface area contributed by atoms with Gasteiger partial charge in [0.15, 0.2) is 0 Å².